The number of benzene rings is 2. The van der Waals surface area contributed by atoms with Crippen LogP contribution in [0, 0.1) is 11.3 Å². The molecule has 0 unspecified atom stereocenters. The fourth-order valence-corrected chi connectivity index (χ4v) is 2.60. The number of rotatable bonds is 8. The number of amides is 1. The van der Waals surface area contributed by atoms with E-state index < -0.39 is 5.91 Å². The first-order valence-corrected chi connectivity index (χ1v) is 9.05. The van der Waals surface area contributed by atoms with E-state index in [-0.39, 0.29) is 5.57 Å². The Hall–Kier alpha value is -2.97. The van der Waals surface area contributed by atoms with Gasteiger partial charge in [-0.3, -0.25) is 4.79 Å². The summed E-state index contributed by atoms with van der Waals surface area (Å²) in [5.41, 5.74) is 2.36. The molecule has 2 aromatic rings. The second-order valence-corrected chi connectivity index (χ2v) is 6.35. The van der Waals surface area contributed by atoms with Crippen molar-refractivity contribution in [3.63, 3.8) is 0 Å². The van der Waals surface area contributed by atoms with Crippen LogP contribution in [-0.4, -0.2) is 13.0 Å². The van der Waals surface area contributed by atoms with Crippen molar-refractivity contribution in [2.24, 2.45) is 0 Å². The average molecular weight is 384 g/mol. The number of methoxy groups -OCH3 is 1. The fraction of sp³-hybridized carbons (Fsp3) is 0.238. The molecule has 0 aliphatic rings. The Bertz CT molecular complexity index is 855. The summed E-state index contributed by atoms with van der Waals surface area (Å²) >= 11 is 5.98. The largest absolute Gasteiger partial charge is 0.495 e. The first-order valence-electron chi connectivity index (χ1n) is 8.68. The van der Waals surface area contributed by atoms with Crippen LogP contribution in [0.3, 0.4) is 0 Å². The number of nitrogens with zero attached hydrogens (tertiary/aromatic N) is 1. The minimum Gasteiger partial charge on any atom is -0.495 e. The van der Waals surface area contributed by atoms with Gasteiger partial charge in [0, 0.05) is 16.9 Å². The molecule has 0 aromatic heterocycles. The van der Waals surface area contributed by atoms with E-state index >= 15 is 0 Å². The molecule has 2 N–H and O–H groups in total. The maximum Gasteiger partial charge on any atom is 0.267 e. The van der Waals surface area contributed by atoms with E-state index in [1.54, 1.807) is 18.2 Å². The van der Waals surface area contributed by atoms with Crippen LogP contribution >= 0.6 is 11.6 Å². The standard InChI is InChI=1S/C21H22ClN3O2/c1-3-4-5-15-6-9-18(10-7-15)25-21(26)16(13-23)14-24-19-12-17(22)8-11-20(19)27-2/h6-12,14,24H,3-5H2,1-2H3,(H,25,26)/b16-14-. The number of unbranched alkanes of at least 4 members (excludes halogenated alkanes) is 1. The zero-order valence-electron chi connectivity index (χ0n) is 15.4. The molecule has 0 heterocycles. The highest BCUT2D eigenvalue weighted by Crippen LogP contribution is 2.27. The van der Waals surface area contributed by atoms with Crippen molar-refractivity contribution in [2.75, 3.05) is 17.7 Å². The third-order valence-corrected chi connectivity index (χ3v) is 4.16. The number of hydrogen-bond acceptors (Lipinski definition) is 4. The number of carbonyl (C=O) groups is 1. The van der Waals surface area contributed by atoms with Crippen LogP contribution in [0.5, 0.6) is 5.75 Å². The van der Waals surface area contributed by atoms with Crippen molar-refractivity contribution >= 4 is 28.9 Å². The molecule has 0 aliphatic carbocycles. The summed E-state index contributed by atoms with van der Waals surface area (Å²) < 4.78 is 5.23. The molecule has 1 amide bonds. The molecule has 0 spiro atoms. The van der Waals surface area contributed by atoms with Crippen molar-refractivity contribution < 1.29 is 9.53 Å². The Morgan fingerprint density at radius 3 is 2.63 bits per heavy atom. The Morgan fingerprint density at radius 2 is 2.00 bits per heavy atom. The Kier molecular flexibility index (Phi) is 7.72. The van der Waals surface area contributed by atoms with Crippen LogP contribution in [0.4, 0.5) is 11.4 Å². The van der Waals surface area contributed by atoms with Gasteiger partial charge in [0.2, 0.25) is 0 Å². The van der Waals surface area contributed by atoms with Gasteiger partial charge in [0.25, 0.3) is 5.91 Å². The third kappa shape index (κ3) is 6.05. The van der Waals surface area contributed by atoms with Crippen molar-refractivity contribution in [1.29, 1.82) is 5.26 Å². The number of ether oxygens (including phenoxy) is 1. The van der Waals surface area contributed by atoms with Gasteiger partial charge in [0.1, 0.15) is 17.4 Å². The van der Waals surface area contributed by atoms with E-state index in [0.29, 0.717) is 22.1 Å². The van der Waals surface area contributed by atoms with Crippen LogP contribution in [0.15, 0.2) is 54.2 Å². The number of nitriles is 1. The molecule has 2 aromatic carbocycles. The van der Waals surface area contributed by atoms with Crippen molar-refractivity contribution in [2.45, 2.75) is 26.2 Å². The van der Waals surface area contributed by atoms with Crippen LogP contribution in [0.2, 0.25) is 5.02 Å². The van der Waals surface area contributed by atoms with Crippen LogP contribution in [0.25, 0.3) is 0 Å². The van der Waals surface area contributed by atoms with E-state index in [1.807, 2.05) is 30.3 Å². The summed E-state index contributed by atoms with van der Waals surface area (Å²) in [5.74, 6) is 0.0586. The van der Waals surface area contributed by atoms with Gasteiger partial charge in [-0.2, -0.15) is 5.26 Å². The number of anilines is 2. The maximum absolute atomic E-state index is 12.3. The molecule has 5 nitrogen and oxygen atoms in total. The molecular weight excluding hydrogens is 362 g/mol. The summed E-state index contributed by atoms with van der Waals surface area (Å²) in [7, 11) is 1.53. The second kappa shape index (κ2) is 10.2. The summed E-state index contributed by atoms with van der Waals surface area (Å²) in [6.45, 7) is 2.15. The number of hydrogen-bond donors (Lipinski definition) is 2. The quantitative estimate of drug-likeness (QED) is 0.488. The normalized spacial score (nSPS) is 10.8. The van der Waals surface area contributed by atoms with Gasteiger partial charge >= 0.3 is 0 Å². The molecule has 0 fully saturated rings. The summed E-state index contributed by atoms with van der Waals surface area (Å²) in [6, 6.07) is 14.6. The van der Waals surface area contributed by atoms with Gasteiger partial charge in [-0.25, -0.2) is 0 Å². The molecule has 27 heavy (non-hydrogen) atoms. The van der Waals surface area contributed by atoms with Crippen molar-refractivity contribution in [3.8, 4) is 11.8 Å². The van der Waals surface area contributed by atoms with Gasteiger partial charge < -0.3 is 15.4 Å². The van der Waals surface area contributed by atoms with Gasteiger partial charge in [0.05, 0.1) is 12.8 Å². The molecule has 2 rings (SSSR count). The zero-order valence-corrected chi connectivity index (χ0v) is 16.1. The Labute approximate surface area is 164 Å². The van der Waals surface area contributed by atoms with Gasteiger partial charge in [-0.05, 0) is 48.7 Å². The van der Waals surface area contributed by atoms with E-state index in [4.69, 9.17) is 16.3 Å². The minimum atomic E-state index is -0.493. The lowest BCUT2D eigenvalue weighted by molar-refractivity contribution is -0.112. The van der Waals surface area contributed by atoms with E-state index in [1.165, 1.54) is 18.9 Å². The summed E-state index contributed by atoms with van der Waals surface area (Å²) in [5, 5.41) is 15.4. The van der Waals surface area contributed by atoms with Crippen LogP contribution in [-0.2, 0) is 11.2 Å². The molecule has 0 aliphatic heterocycles. The molecule has 0 bridgehead atoms. The van der Waals surface area contributed by atoms with E-state index in [9.17, 15) is 10.1 Å². The predicted octanol–water partition coefficient (Wildman–Crippen LogP) is 5.15. The Balaban J connectivity index is 2.06. The molecule has 140 valence electrons. The lowest BCUT2D eigenvalue weighted by atomic mass is 10.1. The van der Waals surface area contributed by atoms with Crippen LogP contribution in [0.1, 0.15) is 25.3 Å². The SMILES string of the molecule is CCCCc1ccc(NC(=O)/C(C#N)=C\Nc2cc(Cl)ccc2OC)cc1. The van der Waals surface area contributed by atoms with Gasteiger partial charge in [0.15, 0.2) is 0 Å². The predicted molar refractivity (Wildman–Crippen MR) is 109 cm³/mol. The number of nitrogens with one attached hydrogen (secondary N) is 2. The van der Waals surface area contributed by atoms with Gasteiger partial charge in [-0.15, -0.1) is 0 Å². The molecule has 0 radical (unpaired) electrons. The lowest BCUT2D eigenvalue weighted by Gasteiger charge is -2.09. The monoisotopic (exact) mass is 383 g/mol. The number of aryl methyl sites for hydroxylation is 1. The molecule has 0 atom stereocenters. The molecule has 0 saturated heterocycles. The number of carbonyl (C=O) groups excluding carboxylic acids is 1. The van der Waals surface area contributed by atoms with Crippen molar-refractivity contribution in [1.82, 2.24) is 0 Å². The average Bonchev–Trinajstić information content (AvgIpc) is 2.68. The van der Waals surface area contributed by atoms with Gasteiger partial charge in [-0.1, -0.05) is 37.1 Å². The molecule has 6 heteroatoms. The third-order valence-electron chi connectivity index (χ3n) is 3.93. The topological polar surface area (TPSA) is 74.2 Å². The minimum absolute atomic E-state index is 0.0629. The second-order valence-electron chi connectivity index (χ2n) is 5.91. The fourth-order valence-electron chi connectivity index (χ4n) is 2.43. The first kappa shape index (κ1) is 20.3. The Morgan fingerprint density at radius 1 is 1.26 bits per heavy atom. The maximum atomic E-state index is 12.3. The van der Waals surface area contributed by atoms with E-state index in [0.717, 1.165) is 19.3 Å². The number of halogens is 1. The van der Waals surface area contributed by atoms with E-state index in [2.05, 4.69) is 17.6 Å². The highest BCUT2D eigenvalue weighted by molar-refractivity contribution is 6.31. The summed E-state index contributed by atoms with van der Waals surface area (Å²) in [6.07, 6.45) is 4.61. The zero-order chi connectivity index (χ0) is 19.6. The van der Waals surface area contributed by atoms with Crippen LogP contribution < -0.4 is 15.4 Å². The molecule has 0 saturated carbocycles. The highest BCUT2D eigenvalue weighted by atomic mass is 35.5. The van der Waals surface area contributed by atoms with Crippen molar-refractivity contribution in [3.05, 3.63) is 64.8 Å². The summed E-state index contributed by atoms with van der Waals surface area (Å²) in [4.78, 5) is 12.3. The smallest absolute Gasteiger partial charge is 0.267 e. The first-order chi connectivity index (χ1) is 13.1. The molecular formula is C21H22ClN3O2. The lowest BCUT2D eigenvalue weighted by Crippen LogP contribution is -2.14. The highest BCUT2D eigenvalue weighted by Gasteiger charge is 2.10.